The molecule has 30 heavy (non-hydrogen) atoms. The highest BCUT2D eigenvalue weighted by Crippen LogP contribution is 2.67. The molecule has 3 heterocycles. The molecule has 0 radical (unpaired) electrons. The van der Waals surface area contributed by atoms with Crippen molar-refractivity contribution in [2.75, 3.05) is 0 Å². The van der Waals surface area contributed by atoms with Gasteiger partial charge in [0.25, 0.3) is 0 Å². The van der Waals surface area contributed by atoms with Gasteiger partial charge in [-0.3, -0.25) is 9.89 Å². The molecule has 4 heteroatoms. The predicted octanol–water partition coefficient (Wildman–Crippen LogP) is 5.28. The number of ketones is 1. The van der Waals surface area contributed by atoms with E-state index in [0.29, 0.717) is 24.5 Å². The molecule has 2 aromatic rings. The molecule has 2 fully saturated rings. The molecule has 4 nitrogen and oxygen atoms in total. The minimum atomic E-state index is -0.316. The summed E-state index contributed by atoms with van der Waals surface area (Å²) in [7, 11) is 0. The number of nitrogens with zero attached hydrogens (tertiary/aromatic N) is 1. The van der Waals surface area contributed by atoms with E-state index in [1.807, 2.05) is 6.20 Å². The summed E-state index contributed by atoms with van der Waals surface area (Å²) < 4.78 is 7.07. The molecule has 1 aromatic heterocycles. The molecule has 2 bridgehead atoms. The molecule has 1 saturated heterocycles. The van der Waals surface area contributed by atoms with Gasteiger partial charge in [0.15, 0.2) is 0 Å². The Labute approximate surface area is 176 Å². The van der Waals surface area contributed by atoms with E-state index in [9.17, 15) is 4.79 Å². The normalized spacial score (nSPS) is 39.2. The second-order valence-corrected chi connectivity index (χ2v) is 10.2. The number of allylic oxidation sites excluding steroid dienone is 3. The summed E-state index contributed by atoms with van der Waals surface area (Å²) in [6.07, 6.45) is 15.5. The highest BCUT2D eigenvalue weighted by molar-refractivity contribution is 5.85. The maximum absolute atomic E-state index is 12.3. The third-order valence-corrected chi connectivity index (χ3v) is 8.84. The van der Waals surface area contributed by atoms with E-state index in [4.69, 9.17) is 4.74 Å². The average Bonchev–Trinajstić information content (AvgIpc) is 3.41. The number of ether oxygens (including phenoxy) is 1. The molecule has 152 valence electrons. The fourth-order valence-electron chi connectivity index (χ4n) is 7.36. The molecule has 0 amide bonds. The van der Waals surface area contributed by atoms with E-state index in [2.05, 4.69) is 53.5 Å². The zero-order chi connectivity index (χ0) is 20.1. The molecule has 7 rings (SSSR count). The maximum atomic E-state index is 12.3. The predicted molar refractivity (Wildman–Crippen MR) is 116 cm³/mol. The zero-order valence-electron chi connectivity index (χ0n) is 17.3. The number of rotatable bonds is 1. The van der Waals surface area contributed by atoms with Gasteiger partial charge in [0.2, 0.25) is 0 Å². The van der Waals surface area contributed by atoms with Gasteiger partial charge >= 0.3 is 0 Å². The van der Waals surface area contributed by atoms with Crippen LogP contribution in [0.5, 0.6) is 0 Å². The number of hydrogen-bond acceptors (Lipinski definition) is 3. The lowest BCUT2D eigenvalue weighted by Gasteiger charge is -2.53. The number of hydrogen-bond donors (Lipinski definition) is 1. The van der Waals surface area contributed by atoms with Gasteiger partial charge in [-0.1, -0.05) is 31.2 Å². The third kappa shape index (κ3) is 1.96. The summed E-state index contributed by atoms with van der Waals surface area (Å²) in [5.41, 5.74) is 6.10. The van der Waals surface area contributed by atoms with Crippen molar-refractivity contribution >= 4 is 22.3 Å². The van der Waals surface area contributed by atoms with Crippen LogP contribution in [0.25, 0.3) is 16.5 Å². The van der Waals surface area contributed by atoms with Crippen LogP contribution in [0.15, 0.2) is 53.8 Å². The first kappa shape index (κ1) is 17.2. The summed E-state index contributed by atoms with van der Waals surface area (Å²) >= 11 is 0. The summed E-state index contributed by atoms with van der Waals surface area (Å²) in [6, 6.07) is 6.64. The second-order valence-electron chi connectivity index (χ2n) is 10.2. The van der Waals surface area contributed by atoms with Crippen LogP contribution in [0.3, 0.4) is 0 Å². The minimum Gasteiger partial charge on any atom is -0.359 e. The van der Waals surface area contributed by atoms with E-state index < -0.39 is 0 Å². The number of benzene rings is 1. The van der Waals surface area contributed by atoms with Crippen LogP contribution in [-0.2, 0) is 9.53 Å². The molecule has 5 aliphatic rings. The van der Waals surface area contributed by atoms with E-state index in [0.717, 1.165) is 43.0 Å². The van der Waals surface area contributed by atoms with E-state index >= 15 is 0 Å². The largest absolute Gasteiger partial charge is 0.359 e. The molecule has 1 unspecified atom stereocenters. The fourth-order valence-corrected chi connectivity index (χ4v) is 7.36. The molecular formula is C26H26N2O2. The Balaban J connectivity index is 1.33. The van der Waals surface area contributed by atoms with Crippen molar-refractivity contribution in [2.45, 2.75) is 63.1 Å². The minimum absolute atomic E-state index is 0.0520. The third-order valence-electron chi connectivity index (χ3n) is 8.84. The average molecular weight is 399 g/mol. The molecule has 3 aliphatic carbocycles. The first-order valence-electron chi connectivity index (χ1n) is 11.3. The Bertz CT molecular complexity index is 1220. The van der Waals surface area contributed by atoms with Crippen molar-refractivity contribution in [1.82, 2.24) is 10.2 Å². The number of aromatic amines is 1. The lowest BCUT2D eigenvalue weighted by molar-refractivity contribution is -0.143. The summed E-state index contributed by atoms with van der Waals surface area (Å²) in [5.74, 6) is 0.795. The van der Waals surface area contributed by atoms with Gasteiger partial charge in [0.05, 0.1) is 22.9 Å². The molecule has 4 atom stereocenters. The van der Waals surface area contributed by atoms with E-state index in [1.54, 1.807) is 0 Å². The highest BCUT2D eigenvalue weighted by atomic mass is 16.5. The number of nitrogens with one attached hydrogen (secondary N) is 1. The standard InChI is InChI=1S/C26H26N2O2/c1-24-9-8-19-13-18-3-4-20(29)14-25(18)10-11-26(19,30-25)23(24)7-5-21(24)16-2-6-22-17(12-16)15-27-28-22/h2,5-6,8,12-13,15,23H,3-4,7,9-11,14H2,1H3,(H,27,28)/t23-,24?,25-,26-/m1/s1. The quantitative estimate of drug-likeness (QED) is 0.711. The highest BCUT2D eigenvalue weighted by Gasteiger charge is 2.65. The Morgan fingerprint density at radius 3 is 3.07 bits per heavy atom. The number of carbonyl (C=O) groups is 1. The van der Waals surface area contributed by atoms with Crippen LogP contribution < -0.4 is 0 Å². The topological polar surface area (TPSA) is 55.0 Å². The van der Waals surface area contributed by atoms with Crippen molar-refractivity contribution in [3.63, 3.8) is 0 Å². The van der Waals surface area contributed by atoms with Gasteiger partial charge in [-0.15, -0.1) is 0 Å². The molecule has 2 aliphatic heterocycles. The zero-order valence-corrected chi connectivity index (χ0v) is 17.3. The molecular weight excluding hydrogens is 372 g/mol. The van der Waals surface area contributed by atoms with Crippen LogP contribution in [0.1, 0.15) is 57.4 Å². The van der Waals surface area contributed by atoms with Crippen LogP contribution in [-0.4, -0.2) is 27.2 Å². The van der Waals surface area contributed by atoms with Crippen LogP contribution in [0.2, 0.25) is 0 Å². The lowest BCUT2D eigenvalue weighted by atomic mass is 9.58. The smallest absolute Gasteiger partial charge is 0.136 e. The monoisotopic (exact) mass is 398 g/mol. The first-order valence-corrected chi connectivity index (χ1v) is 11.3. The number of H-pyrrole nitrogens is 1. The van der Waals surface area contributed by atoms with E-state index in [1.165, 1.54) is 22.3 Å². The van der Waals surface area contributed by atoms with E-state index in [-0.39, 0.29) is 16.6 Å². The number of fused-ring (bicyclic) bond motifs is 2. The van der Waals surface area contributed by atoms with Gasteiger partial charge in [0.1, 0.15) is 5.78 Å². The van der Waals surface area contributed by atoms with Gasteiger partial charge < -0.3 is 4.74 Å². The van der Waals surface area contributed by atoms with Crippen molar-refractivity contribution in [3.8, 4) is 0 Å². The van der Waals surface area contributed by atoms with Crippen LogP contribution >= 0.6 is 0 Å². The van der Waals surface area contributed by atoms with Gasteiger partial charge in [0, 0.05) is 29.6 Å². The molecule has 1 N–H and O–H groups in total. The SMILES string of the molecule is CC12CC=C3C=C4CCC(=O)C[C@]45CC[C@]3(O5)[C@@H]1CC=C2c1ccc2[nH]ncc2c1. The second kappa shape index (κ2) is 5.42. The van der Waals surface area contributed by atoms with Gasteiger partial charge in [-0.25, -0.2) is 0 Å². The van der Waals surface area contributed by atoms with Crippen molar-refractivity contribution in [3.05, 3.63) is 59.3 Å². The molecule has 2 spiro atoms. The Morgan fingerprint density at radius 2 is 2.13 bits per heavy atom. The summed E-state index contributed by atoms with van der Waals surface area (Å²) in [6.45, 7) is 2.43. The molecule has 1 saturated carbocycles. The molecule has 1 aromatic carbocycles. The van der Waals surface area contributed by atoms with Crippen molar-refractivity contribution in [1.29, 1.82) is 0 Å². The number of Topliss-reactive ketones (excluding diaryl/α,β-unsaturated/α-hetero) is 1. The fraction of sp³-hybridized carbons (Fsp3) is 0.462. The van der Waals surface area contributed by atoms with Crippen molar-refractivity contribution in [2.24, 2.45) is 11.3 Å². The summed E-state index contributed by atoms with van der Waals surface area (Å²) in [5, 5.41) is 8.40. The Hall–Kier alpha value is -2.46. The van der Waals surface area contributed by atoms with Crippen LogP contribution in [0.4, 0.5) is 0 Å². The van der Waals surface area contributed by atoms with Crippen LogP contribution in [0, 0.1) is 11.3 Å². The first-order chi connectivity index (χ1) is 14.5. The van der Waals surface area contributed by atoms with Crippen molar-refractivity contribution < 1.29 is 9.53 Å². The Morgan fingerprint density at radius 1 is 1.20 bits per heavy atom. The maximum Gasteiger partial charge on any atom is 0.136 e. The van der Waals surface area contributed by atoms with Gasteiger partial charge in [-0.2, -0.15) is 5.10 Å². The lowest BCUT2D eigenvalue weighted by Crippen LogP contribution is -2.53. The number of aromatic nitrogens is 2. The Kier molecular flexibility index (Phi) is 3.11. The van der Waals surface area contributed by atoms with Gasteiger partial charge in [-0.05, 0) is 66.5 Å². The number of carbonyl (C=O) groups excluding carboxylic acids is 1. The summed E-state index contributed by atoms with van der Waals surface area (Å²) in [4.78, 5) is 12.3.